The molecule has 1 aliphatic rings. The summed E-state index contributed by atoms with van der Waals surface area (Å²) in [7, 11) is 0. The van der Waals surface area contributed by atoms with Gasteiger partial charge in [0.2, 0.25) is 16.9 Å². The van der Waals surface area contributed by atoms with E-state index in [2.05, 4.69) is 20.8 Å². The highest BCUT2D eigenvalue weighted by molar-refractivity contribution is 7.15. The van der Waals surface area contributed by atoms with E-state index < -0.39 is 0 Å². The molecule has 8 nitrogen and oxygen atoms in total. The molecular weight excluding hydrogens is 414 g/mol. The molecule has 3 amide bonds. The summed E-state index contributed by atoms with van der Waals surface area (Å²) in [6.45, 7) is 3.94. The molecule has 1 aromatic heterocycles. The molecule has 1 atom stereocenters. The molecule has 0 spiro atoms. The number of hydrogen-bond acceptors (Lipinski definition) is 6. The van der Waals surface area contributed by atoms with Crippen LogP contribution in [-0.2, 0) is 9.59 Å². The Kier molecular flexibility index (Phi) is 5.77. The molecule has 0 unspecified atom stereocenters. The summed E-state index contributed by atoms with van der Waals surface area (Å²) in [6, 6.07) is 14.4. The summed E-state index contributed by atoms with van der Waals surface area (Å²) in [4.78, 5) is 37.9. The lowest BCUT2D eigenvalue weighted by atomic mass is 10.1. The van der Waals surface area contributed by atoms with Crippen LogP contribution in [0.5, 0.6) is 0 Å². The van der Waals surface area contributed by atoms with E-state index in [-0.39, 0.29) is 23.6 Å². The molecule has 1 aliphatic heterocycles. The second-order valence-electron chi connectivity index (χ2n) is 7.35. The predicted molar refractivity (Wildman–Crippen MR) is 119 cm³/mol. The lowest BCUT2D eigenvalue weighted by Gasteiger charge is -2.18. The quantitative estimate of drug-likeness (QED) is 0.637. The Hall–Kier alpha value is -3.59. The maximum Gasteiger partial charge on any atom is 0.257 e. The van der Waals surface area contributed by atoms with Gasteiger partial charge >= 0.3 is 0 Å². The average Bonchev–Trinajstić information content (AvgIpc) is 3.35. The van der Waals surface area contributed by atoms with E-state index in [0.717, 1.165) is 16.3 Å². The number of carbonyl (C=O) groups is 3. The van der Waals surface area contributed by atoms with E-state index >= 15 is 0 Å². The van der Waals surface area contributed by atoms with Crippen molar-refractivity contribution in [2.75, 3.05) is 22.1 Å². The first-order valence-electron chi connectivity index (χ1n) is 9.79. The zero-order valence-corrected chi connectivity index (χ0v) is 17.9. The van der Waals surface area contributed by atoms with Gasteiger partial charge in [0, 0.05) is 42.7 Å². The maximum absolute atomic E-state index is 12.6. The van der Waals surface area contributed by atoms with Gasteiger partial charge in [-0.1, -0.05) is 29.5 Å². The van der Waals surface area contributed by atoms with Gasteiger partial charge in [-0.05, 0) is 42.8 Å². The fraction of sp³-hybridized carbons (Fsp3) is 0.227. The van der Waals surface area contributed by atoms with E-state index in [4.69, 9.17) is 0 Å². The number of hydrogen-bond donors (Lipinski definition) is 2. The summed E-state index contributed by atoms with van der Waals surface area (Å²) in [5.41, 5.74) is 3.01. The van der Waals surface area contributed by atoms with Crippen molar-refractivity contribution in [3.63, 3.8) is 0 Å². The molecule has 158 valence electrons. The number of para-hydroxylation sites is 1. The van der Waals surface area contributed by atoms with Crippen molar-refractivity contribution < 1.29 is 14.4 Å². The fourth-order valence-corrected chi connectivity index (χ4v) is 4.33. The summed E-state index contributed by atoms with van der Waals surface area (Å²) < 4.78 is 0. The monoisotopic (exact) mass is 435 g/mol. The third-order valence-electron chi connectivity index (χ3n) is 5.01. The van der Waals surface area contributed by atoms with Gasteiger partial charge in [0.1, 0.15) is 5.01 Å². The molecule has 1 saturated heterocycles. The number of benzene rings is 2. The highest BCUT2D eigenvalue weighted by atomic mass is 32.1. The van der Waals surface area contributed by atoms with Crippen LogP contribution in [0.25, 0.3) is 0 Å². The van der Waals surface area contributed by atoms with Crippen LogP contribution in [0.1, 0.15) is 40.2 Å². The second kappa shape index (κ2) is 8.65. The number of carbonyl (C=O) groups excluding carboxylic acids is 3. The van der Waals surface area contributed by atoms with Gasteiger partial charge in [-0.15, -0.1) is 10.2 Å². The maximum atomic E-state index is 12.6. The molecule has 0 saturated carbocycles. The number of nitrogens with one attached hydrogen (secondary N) is 2. The van der Waals surface area contributed by atoms with Gasteiger partial charge in [0.25, 0.3) is 5.91 Å². The molecule has 4 rings (SSSR count). The molecule has 31 heavy (non-hydrogen) atoms. The average molecular weight is 436 g/mol. The Labute approximate surface area is 183 Å². The van der Waals surface area contributed by atoms with Crippen LogP contribution < -0.4 is 15.5 Å². The van der Waals surface area contributed by atoms with E-state index in [1.54, 1.807) is 29.2 Å². The highest BCUT2D eigenvalue weighted by Crippen LogP contribution is 2.35. The van der Waals surface area contributed by atoms with Crippen LogP contribution in [0, 0.1) is 6.92 Å². The number of anilines is 3. The smallest absolute Gasteiger partial charge is 0.257 e. The summed E-state index contributed by atoms with van der Waals surface area (Å²) >= 11 is 1.28. The molecule has 2 heterocycles. The van der Waals surface area contributed by atoms with E-state index in [9.17, 15) is 14.4 Å². The van der Waals surface area contributed by atoms with Gasteiger partial charge < -0.3 is 10.2 Å². The van der Waals surface area contributed by atoms with Gasteiger partial charge in [0.05, 0.1) is 0 Å². The first kappa shape index (κ1) is 20.7. The predicted octanol–water partition coefficient (Wildman–Crippen LogP) is 3.58. The Morgan fingerprint density at radius 3 is 2.52 bits per heavy atom. The third kappa shape index (κ3) is 4.61. The minimum atomic E-state index is -0.318. The Morgan fingerprint density at radius 1 is 1.06 bits per heavy atom. The van der Waals surface area contributed by atoms with Crippen LogP contribution in [0.15, 0.2) is 48.5 Å². The lowest BCUT2D eigenvalue weighted by Crippen LogP contribution is -2.25. The molecular formula is C22H21N5O3S. The lowest BCUT2D eigenvalue weighted by molar-refractivity contribution is -0.117. The highest BCUT2D eigenvalue weighted by Gasteiger charge is 2.34. The van der Waals surface area contributed by atoms with Crippen molar-refractivity contribution in [2.24, 2.45) is 0 Å². The molecule has 1 fully saturated rings. The molecule has 0 radical (unpaired) electrons. The van der Waals surface area contributed by atoms with Crippen molar-refractivity contribution in [3.05, 3.63) is 64.7 Å². The number of nitrogens with zero attached hydrogens (tertiary/aromatic N) is 3. The van der Waals surface area contributed by atoms with Crippen LogP contribution >= 0.6 is 11.3 Å². The van der Waals surface area contributed by atoms with Gasteiger partial charge in [0.15, 0.2) is 0 Å². The summed E-state index contributed by atoms with van der Waals surface area (Å²) in [5.74, 6) is -0.502. The SMILES string of the molecule is CC(=O)Nc1ccc(C(=O)Nc2nnc([C@H]3CC(=O)N(c4ccccc4C)C3)s2)cc1. The van der Waals surface area contributed by atoms with Crippen molar-refractivity contribution in [2.45, 2.75) is 26.2 Å². The molecule has 0 bridgehead atoms. The summed E-state index contributed by atoms with van der Waals surface area (Å²) in [5, 5.41) is 14.8. The van der Waals surface area contributed by atoms with Crippen LogP contribution in [-0.4, -0.2) is 34.5 Å². The Morgan fingerprint density at radius 2 is 1.81 bits per heavy atom. The van der Waals surface area contributed by atoms with E-state index in [1.165, 1.54) is 18.3 Å². The van der Waals surface area contributed by atoms with Crippen LogP contribution in [0.4, 0.5) is 16.5 Å². The summed E-state index contributed by atoms with van der Waals surface area (Å²) in [6.07, 6.45) is 0.363. The van der Waals surface area contributed by atoms with Gasteiger partial charge in [-0.3, -0.25) is 19.7 Å². The van der Waals surface area contributed by atoms with Crippen molar-refractivity contribution in [1.29, 1.82) is 0 Å². The minimum absolute atomic E-state index is 0.0549. The largest absolute Gasteiger partial charge is 0.326 e. The number of aromatic nitrogens is 2. The van der Waals surface area contributed by atoms with E-state index in [0.29, 0.717) is 29.3 Å². The molecule has 2 aromatic carbocycles. The van der Waals surface area contributed by atoms with Gasteiger partial charge in [-0.25, -0.2) is 0 Å². The minimum Gasteiger partial charge on any atom is -0.326 e. The second-order valence-corrected chi connectivity index (χ2v) is 8.36. The van der Waals surface area contributed by atoms with Crippen molar-refractivity contribution >= 4 is 45.6 Å². The molecule has 3 aromatic rings. The van der Waals surface area contributed by atoms with Gasteiger partial charge in [-0.2, -0.15) is 0 Å². The number of rotatable bonds is 5. The van der Waals surface area contributed by atoms with Crippen LogP contribution in [0.3, 0.4) is 0 Å². The van der Waals surface area contributed by atoms with E-state index in [1.807, 2.05) is 31.2 Å². The Bertz CT molecular complexity index is 1140. The number of amides is 3. The standard InChI is InChI=1S/C22H21N5O3S/c1-13-5-3-4-6-18(13)27-12-16(11-19(27)29)21-25-26-22(31-21)24-20(30)15-7-9-17(10-8-15)23-14(2)28/h3-10,16H,11-12H2,1-2H3,(H,23,28)(H,24,26,30)/t16-/m0/s1. The molecule has 2 N–H and O–H groups in total. The van der Waals surface area contributed by atoms with Crippen LogP contribution in [0.2, 0.25) is 0 Å². The third-order valence-corrected chi connectivity index (χ3v) is 6.01. The first-order chi connectivity index (χ1) is 14.9. The first-order valence-corrected chi connectivity index (χ1v) is 10.6. The number of aryl methyl sites for hydroxylation is 1. The van der Waals surface area contributed by atoms with Crippen molar-refractivity contribution in [1.82, 2.24) is 10.2 Å². The normalized spacial score (nSPS) is 15.7. The topological polar surface area (TPSA) is 104 Å². The zero-order chi connectivity index (χ0) is 22.0. The zero-order valence-electron chi connectivity index (χ0n) is 17.1. The molecule has 9 heteroatoms. The Balaban J connectivity index is 1.41. The molecule has 0 aliphatic carbocycles. The van der Waals surface area contributed by atoms with Crippen molar-refractivity contribution in [3.8, 4) is 0 Å². The fourth-order valence-electron chi connectivity index (χ4n) is 3.50.